The van der Waals surface area contributed by atoms with Gasteiger partial charge < -0.3 is 20.9 Å². The molecular weight excluding hydrogens is 232 g/mol. The van der Waals surface area contributed by atoms with Crippen molar-refractivity contribution in [1.82, 2.24) is 15.8 Å². The molecular formula is C8H10N4O3S. The molecule has 0 saturated carbocycles. The number of nitrogens with one attached hydrogen (secondary N) is 2. The summed E-state index contributed by atoms with van der Waals surface area (Å²) < 4.78 is 4.72. The van der Waals surface area contributed by atoms with Crippen molar-refractivity contribution in [2.45, 2.75) is 6.54 Å². The van der Waals surface area contributed by atoms with Crippen LogP contribution in [0.5, 0.6) is 0 Å². The van der Waals surface area contributed by atoms with Gasteiger partial charge in [-0.1, -0.05) is 17.4 Å². The second kappa shape index (κ2) is 5.81. The van der Waals surface area contributed by atoms with Crippen LogP contribution >= 0.6 is 12.2 Å². The summed E-state index contributed by atoms with van der Waals surface area (Å²) in [7, 11) is 0. The van der Waals surface area contributed by atoms with Crippen molar-refractivity contribution in [2.75, 3.05) is 6.54 Å². The standard InChI is InChI=1S/C8H10N4O3S/c9-6(16)4-11-8(14)7(13)10-3-5-1-2-12-15-5/h1-2H,3-4H2,(H2,9,16)(H,10,13)(H,11,14). The SMILES string of the molecule is NC(=S)CNC(=O)C(=O)NCc1ccno1. The molecule has 1 heterocycles. The van der Waals surface area contributed by atoms with Crippen LogP contribution in [0, 0.1) is 0 Å². The maximum atomic E-state index is 11.2. The number of hydrogen-bond donors (Lipinski definition) is 3. The van der Waals surface area contributed by atoms with Crippen LogP contribution in [0.1, 0.15) is 5.76 Å². The summed E-state index contributed by atoms with van der Waals surface area (Å²) in [5.41, 5.74) is 5.15. The van der Waals surface area contributed by atoms with Crippen LogP contribution in [0.2, 0.25) is 0 Å². The zero-order valence-electron chi connectivity index (χ0n) is 8.23. The van der Waals surface area contributed by atoms with E-state index in [0.29, 0.717) is 5.76 Å². The maximum Gasteiger partial charge on any atom is 0.309 e. The van der Waals surface area contributed by atoms with Gasteiger partial charge in [0.2, 0.25) is 0 Å². The topological polar surface area (TPSA) is 110 Å². The van der Waals surface area contributed by atoms with Gasteiger partial charge in [0, 0.05) is 6.07 Å². The fourth-order valence-corrected chi connectivity index (χ4v) is 0.901. The maximum absolute atomic E-state index is 11.2. The molecule has 0 atom stereocenters. The molecule has 7 nitrogen and oxygen atoms in total. The van der Waals surface area contributed by atoms with E-state index in [1.54, 1.807) is 6.07 Å². The first-order chi connectivity index (χ1) is 7.59. The van der Waals surface area contributed by atoms with Crippen molar-refractivity contribution in [1.29, 1.82) is 0 Å². The average Bonchev–Trinajstić information content (AvgIpc) is 2.75. The number of nitrogens with two attached hydrogens (primary N) is 1. The molecule has 0 bridgehead atoms. The minimum absolute atomic E-state index is 0.0100. The molecule has 0 saturated heterocycles. The molecule has 0 fully saturated rings. The summed E-state index contributed by atoms with van der Waals surface area (Å²) in [5, 5.41) is 8.03. The summed E-state index contributed by atoms with van der Waals surface area (Å²) in [4.78, 5) is 22.4. The molecule has 2 amide bonds. The van der Waals surface area contributed by atoms with Gasteiger partial charge in [-0.25, -0.2) is 0 Å². The van der Waals surface area contributed by atoms with Crippen LogP contribution in [-0.2, 0) is 16.1 Å². The Bertz CT molecular complexity index is 390. The normalized spacial score (nSPS) is 9.50. The van der Waals surface area contributed by atoms with Crippen LogP contribution in [-0.4, -0.2) is 28.5 Å². The molecule has 0 aliphatic carbocycles. The zero-order valence-corrected chi connectivity index (χ0v) is 9.04. The van der Waals surface area contributed by atoms with Crippen LogP contribution in [0.25, 0.3) is 0 Å². The minimum Gasteiger partial charge on any atom is -0.392 e. The van der Waals surface area contributed by atoms with Gasteiger partial charge >= 0.3 is 11.8 Å². The Morgan fingerprint density at radius 3 is 2.69 bits per heavy atom. The summed E-state index contributed by atoms with van der Waals surface area (Å²) in [6.07, 6.45) is 1.44. The van der Waals surface area contributed by atoms with E-state index < -0.39 is 11.8 Å². The number of carbonyl (C=O) groups is 2. The van der Waals surface area contributed by atoms with Gasteiger partial charge in [-0.2, -0.15) is 0 Å². The Balaban J connectivity index is 2.29. The number of nitrogens with zero attached hydrogens (tertiary/aromatic N) is 1. The Hall–Kier alpha value is -1.96. The first-order valence-electron chi connectivity index (χ1n) is 4.33. The molecule has 86 valence electrons. The summed E-state index contributed by atoms with van der Waals surface area (Å²) in [5.74, 6) is -1.13. The van der Waals surface area contributed by atoms with Gasteiger partial charge in [0.25, 0.3) is 0 Å². The average molecular weight is 242 g/mol. The molecule has 0 aliphatic heterocycles. The Kier molecular flexibility index (Phi) is 4.40. The fourth-order valence-electron chi connectivity index (χ4n) is 0.829. The number of carbonyl (C=O) groups excluding carboxylic acids is 2. The highest BCUT2D eigenvalue weighted by molar-refractivity contribution is 7.80. The monoisotopic (exact) mass is 242 g/mol. The number of amides is 2. The van der Waals surface area contributed by atoms with Gasteiger partial charge in [-0.3, -0.25) is 9.59 Å². The second-order valence-corrected chi connectivity index (χ2v) is 3.33. The third-order valence-electron chi connectivity index (χ3n) is 1.54. The van der Waals surface area contributed by atoms with E-state index in [-0.39, 0.29) is 18.1 Å². The van der Waals surface area contributed by atoms with Crippen LogP contribution in [0.15, 0.2) is 16.8 Å². The Morgan fingerprint density at radius 2 is 2.12 bits per heavy atom. The van der Waals surface area contributed by atoms with Gasteiger partial charge in [0.1, 0.15) is 0 Å². The lowest BCUT2D eigenvalue weighted by Gasteiger charge is -2.03. The van der Waals surface area contributed by atoms with Crippen molar-refractivity contribution in [3.63, 3.8) is 0 Å². The summed E-state index contributed by atoms with van der Waals surface area (Å²) in [6.45, 7) is 0.0865. The van der Waals surface area contributed by atoms with Crippen LogP contribution < -0.4 is 16.4 Å². The predicted molar refractivity (Wildman–Crippen MR) is 58.1 cm³/mol. The molecule has 4 N–H and O–H groups in total. The molecule has 1 aromatic heterocycles. The number of hydrogen-bond acceptors (Lipinski definition) is 5. The van der Waals surface area contributed by atoms with Crippen molar-refractivity contribution in [3.05, 3.63) is 18.0 Å². The highest BCUT2D eigenvalue weighted by Gasteiger charge is 2.13. The third-order valence-corrected chi connectivity index (χ3v) is 1.69. The highest BCUT2D eigenvalue weighted by atomic mass is 32.1. The van der Waals surface area contributed by atoms with Gasteiger partial charge in [0.15, 0.2) is 5.76 Å². The number of thiocarbonyl (C=S) groups is 1. The number of aromatic nitrogens is 1. The lowest BCUT2D eigenvalue weighted by Crippen LogP contribution is -2.42. The fraction of sp³-hybridized carbons (Fsp3) is 0.250. The van der Waals surface area contributed by atoms with Crippen molar-refractivity contribution < 1.29 is 14.1 Å². The van der Waals surface area contributed by atoms with Crippen LogP contribution in [0.4, 0.5) is 0 Å². The van der Waals surface area contributed by atoms with Gasteiger partial charge in [-0.15, -0.1) is 0 Å². The van der Waals surface area contributed by atoms with E-state index >= 15 is 0 Å². The summed E-state index contributed by atoms with van der Waals surface area (Å²) >= 11 is 4.54. The lowest BCUT2D eigenvalue weighted by molar-refractivity contribution is -0.139. The van der Waals surface area contributed by atoms with Gasteiger partial charge in [-0.05, 0) is 0 Å². The second-order valence-electron chi connectivity index (χ2n) is 2.81. The van der Waals surface area contributed by atoms with Crippen molar-refractivity contribution in [3.8, 4) is 0 Å². The molecule has 0 spiro atoms. The quantitative estimate of drug-likeness (QED) is 0.447. The molecule has 1 aromatic rings. The van der Waals surface area contributed by atoms with Crippen LogP contribution in [0.3, 0.4) is 0 Å². The molecule has 8 heteroatoms. The molecule has 0 radical (unpaired) electrons. The lowest BCUT2D eigenvalue weighted by atomic mass is 10.4. The summed E-state index contributed by atoms with van der Waals surface area (Å²) in [6, 6.07) is 1.58. The molecule has 0 aliphatic rings. The molecule has 16 heavy (non-hydrogen) atoms. The van der Waals surface area contributed by atoms with Gasteiger partial charge in [0.05, 0.1) is 24.3 Å². The van der Waals surface area contributed by atoms with E-state index in [1.807, 2.05) is 0 Å². The Morgan fingerprint density at radius 1 is 1.44 bits per heavy atom. The highest BCUT2D eigenvalue weighted by Crippen LogP contribution is 1.94. The minimum atomic E-state index is -0.799. The largest absolute Gasteiger partial charge is 0.392 e. The molecule has 0 unspecified atom stereocenters. The molecule has 1 rings (SSSR count). The van der Waals surface area contributed by atoms with E-state index in [0.717, 1.165) is 0 Å². The van der Waals surface area contributed by atoms with Crippen molar-refractivity contribution in [2.24, 2.45) is 5.73 Å². The smallest absolute Gasteiger partial charge is 0.309 e. The third kappa shape index (κ3) is 4.05. The Labute approximate surface area is 96.3 Å². The first kappa shape index (κ1) is 12.1. The zero-order chi connectivity index (χ0) is 12.0. The van der Waals surface area contributed by atoms with Crippen molar-refractivity contribution >= 4 is 29.0 Å². The van der Waals surface area contributed by atoms with E-state index in [9.17, 15) is 9.59 Å². The van der Waals surface area contributed by atoms with E-state index in [2.05, 4.69) is 28.0 Å². The first-order valence-corrected chi connectivity index (χ1v) is 4.74. The van der Waals surface area contributed by atoms with E-state index in [1.165, 1.54) is 6.20 Å². The number of rotatable bonds is 4. The predicted octanol–water partition coefficient (Wildman–Crippen LogP) is -1.31. The molecule has 0 aromatic carbocycles. The van der Waals surface area contributed by atoms with E-state index in [4.69, 9.17) is 10.3 Å².